The van der Waals surface area contributed by atoms with Gasteiger partial charge in [-0.25, -0.2) is 0 Å². The van der Waals surface area contributed by atoms with Gasteiger partial charge >= 0.3 is 0 Å². The third-order valence-electron chi connectivity index (χ3n) is 3.74. The molecule has 4 heteroatoms. The second-order valence-electron chi connectivity index (χ2n) is 5.47. The lowest BCUT2D eigenvalue weighted by Gasteiger charge is -2.12. The Kier molecular flexibility index (Phi) is 3.75. The molecule has 2 heterocycles. The molecule has 0 saturated carbocycles. The van der Waals surface area contributed by atoms with Gasteiger partial charge in [0.1, 0.15) is 11.3 Å². The molecule has 0 spiro atoms. The van der Waals surface area contributed by atoms with Crippen LogP contribution in [0.1, 0.15) is 29.0 Å². The van der Waals surface area contributed by atoms with Gasteiger partial charge in [-0.05, 0) is 44.5 Å². The van der Waals surface area contributed by atoms with Gasteiger partial charge in [0, 0.05) is 29.1 Å². The molecule has 0 bridgehead atoms. The maximum Gasteiger partial charge on any atom is 0.196 e. The van der Waals surface area contributed by atoms with E-state index >= 15 is 0 Å². The molecule has 2 aromatic heterocycles. The molecule has 0 fully saturated rings. The Balaban J connectivity index is 2.43. The van der Waals surface area contributed by atoms with Gasteiger partial charge in [0.15, 0.2) is 5.43 Å². The van der Waals surface area contributed by atoms with Crippen molar-refractivity contribution in [2.24, 2.45) is 0 Å². The van der Waals surface area contributed by atoms with E-state index in [4.69, 9.17) is 16.0 Å². The van der Waals surface area contributed by atoms with E-state index < -0.39 is 0 Å². The summed E-state index contributed by atoms with van der Waals surface area (Å²) in [5, 5.41) is 0.336. The minimum absolute atomic E-state index is 0.0256. The van der Waals surface area contributed by atoms with Crippen LogP contribution in [0.5, 0.6) is 0 Å². The molecule has 112 valence electrons. The highest BCUT2D eigenvalue weighted by Crippen LogP contribution is 2.32. The van der Waals surface area contributed by atoms with Gasteiger partial charge in [-0.15, -0.1) is 11.6 Å². The average Bonchev–Trinajstić information content (AvgIpc) is 2.51. The van der Waals surface area contributed by atoms with Crippen LogP contribution in [0.3, 0.4) is 0 Å². The molecule has 1 atom stereocenters. The van der Waals surface area contributed by atoms with Crippen molar-refractivity contribution in [3.05, 3.63) is 63.6 Å². The van der Waals surface area contributed by atoms with Gasteiger partial charge < -0.3 is 4.42 Å². The zero-order chi connectivity index (χ0) is 15.9. The number of alkyl halides is 1. The van der Waals surface area contributed by atoms with Crippen LogP contribution in [-0.4, -0.2) is 4.98 Å². The highest BCUT2D eigenvalue weighted by molar-refractivity contribution is 6.21. The lowest BCUT2D eigenvalue weighted by molar-refractivity contribution is 0.608. The van der Waals surface area contributed by atoms with E-state index in [0.717, 1.165) is 16.7 Å². The predicted octanol–water partition coefficient (Wildman–Crippen LogP) is 4.77. The van der Waals surface area contributed by atoms with Crippen LogP contribution in [0.4, 0.5) is 0 Å². The van der Waals surface area contributed by atoms with Crippen molar-refractivity contribution >= 4 is 22.6 Å². The molecule has 3 aromatic rings. The Morgan fingerprint density at radius 2 is 2.05 bits per heavy atom. The molecule has 1 unspecified atom stereocenters. The maximum atomic E-state index is 12.7. The molecule has 0 N–H and O–H groups in total. The van der Waals surface area contributed by atoms with Gasteiger partial charge in [-0.3, -0.25) is 9.78 Å². The van der Waals surface area contributed by atoms with Gasteiger partial charge in [0.2, 0.25) is 0 Å². The maximum absolute atomic E-state index is 12.7. The Bertz CT molecular complexity index is 898. The fourth-order valence-electron chi connectivity index (χ4n) is 2.64. The van der Waals surface area contributed by atoms with E-state index in [1.54, 1.807) is 19.3 Å². The van der Waals surface area contributed by atoms with Crippen molar-refractivity contribution in [2.45, 2.75) is 26.1 Å². The first kappa shape index (κ1) is 14.8. The summed E-state index contributed by atoms with van der Waals surface area (Å²) in [5.74, 6) is 0.549. The number of rotatable bonds is 2. The summed E-state index contributed by atoms with van der Waals surface area (Å²) < 4.78 is 6.08. The van der Waals surface area contributed by atoms with E-state index in [1.807, 2.05) is 38.1 Å². The van der Waals surface area contributed by atoms with Crippen molar-refractivity contribution in [1.82, 2.24) is 4.98 Å². The summed E-state index contributed by atoms with van der Waals surface area (Å²) in [4.78, 5) is 16.8. The van der Waals surface area contributed by atoms with Crippen molar-refractivity contribution < 1.29 is 4.42 Å². The molecule has 3 nitrogen and oxygen atoms in total. The summed E-state index contributed by atoms with van der Waals surface area (Å²) in [6.45, 7) is 5.60. The molecule has 22 heavy (non-hydrogen) atoms. The number of aryl methyl sites for hydroxylation is 1. The number of nitrogens with zero attached hydrogens (tertiary/aromatic N) is 1. The molecule has 0 aliphatic rings. The molecule has 0 aliphatic carbocycles. The first-order chi connectivity index (χ1) is 10.5. The molecule has 0 saturated heterocycles. The predicted molar refractivity (Wildman–Crippen MR) is 89.5 cm³/mol. The zero-order valence-electron chi connectivity index (χ0n) is 12.7. The fraction of sp³-hybridized carbons (Fsp3) is 0.222. The Hall–Kier alpha value is -2.13. The van der Waals surface area contributed by atoms with Crippen molar-refractivity contribution in [1.29, 1.82) is 0 Å². The third-order valence-corrected chi connectivity index (χ3v) is 3.98. The Morgan fingerprint density at radius 1 is 1.27 bits per heavy atom. The van der Waals surface area contributed by atoms with E-state index in [0.29, 0.717) is 22.3 Å². The molecule has 1 aromatic carbocycles. The van der Waals surface area contributed by atoms with Gasteiger partial charge in [-0.2, -0.15) is 0 Å². The standard InChI is InChI=1S/C18H16ClNO2/c1-10-7-14(12(3)19)18-15(8-10)16(21)11(2)17(22-18)13-5-4-6-20-9-13/h4-9,12H,1-3H3. The Labute approximate surface area is 133 Å². The van der Waals surface area contributed by atoms with Crippen LogP contribution in [-0.2, 0) is 0 Å². The topological polar surface area (TPSA) is 43.1 Å². The van der Waals surface area contributed by atoms with Crippen LogP contribution in [0.15, 0.2) is 45.9 Å². The number of benzene rings is 1. The van der Waals surface area contributed by atoms with Crippen molar-refractivity contribution in [3.8, 4) is 11.3 Å². The minimum atomic E-state index is -0.241. The molecular weight excluding hydrogens is 298 g/mol. The highest BCUT2D eigenvalue weighted by atomic mass is 35.5. The van der Waals surface area contributed by atoms with Gasteiger partial charge in [0.05, 0.1) is 10.8 Å². The smallest absolute Gasteiger partial charge is 0.196 e. The number of aromatic nitrogens is 1. The van der Waals surface area contributed by atoms with Crippen LogP contribution in [0, 0.1) is 13.8 Å². The summed E-state index contributed by atoms with van der Waals surface area (Å²) in [6, 6.07) is 7.51. The molecule has 0 aliphatic heterocycles. The lowest BCUT2D eigenvalue weighted by atomic mass is 10.0. The third kappa shape index (κ3) is 2.42. The quantitative estimate of drug-likeness (QED) is 0.640. The van der Waals surface area contributed by atoms with Gasteiger partial charge in [0.25, 0.3) is 0 Å². The fourth-order valence-corrected chi connectivity index (χ4v) is 2.80. The number of hydrogen-bond donors (Lipinski definition) is 0. The van der Waals surface area contributed by atoms with Gasteiger partial charge in [-0.1, -0.05) is 6.07 Å². The van der Waals surface area contributed by atoms with E-state index in [1.165, 1.54) is 0 Å². The number of pyridine rings is 1. The molecular formula is C18H16ClNO2. The first-order valence-electron chi connectivity index (χ1n) is 7.11. The minimum Gasteiger partial charge on any atom is -0.455 e. The van der Waals surface area contributed by atoms with Crippen LogP contribution in [0.25, 0.3) is 22.3 Å². The van der Waals surface area contributed by atoms with Crippen LogP contribution < -0.4 is 5.43 Å². The van der Waals surface area contributed by atoms with E-state index in [-0.39, 0.29) is 10.8 Å². The summed E-state index contributed by atoms with van der Waals surface area (Å²) >= 11 is 6.27. The van der Waals surface area contributed by atoms with Crippen LogP contribution in [0.2, 0.25) is 0 Å². The number of fused-ring (bicyclic) bond motifs is 1. The second-order valence-corrected chi connectivity index (χ2v) is 6.13. The normalized spacial score (nSPS) is 12.5. The Morgan fingerprint density at radius 3 is 2.68 bits per heavy atom. The second kappa shape index (κ2) is 5.58. The number of hydrogen-bond acceptors (Lipinski definition) is 3. The van der Waals surface area contributed by atoms with E-state index in [2.05, 4.69) is 4.98 Å². The van der Waals surface area contributed by atoms with E-state index in [9.17, 15) is 4.79 Å². The largest absolute Gasteiger partial charge is 0.455 e. The summed E-state index contributed by atoms with van der Waals surface area (Å²) in [5.41, 5.74) is 3.73. The first-order valence-corrected chi connectivity index (χ1v) is 7.55. The lowest BCUT2D eigenvalue weighted by Crippen LogP contribution is -2.09. The zero-order valence-corrected chi connectivity index (χ0v) is 13.4. The summed E-state index contributed by atoms with van der Waals surface area (Å²) in [6.07, 6.45) is 3.38. The highest BCUT2D eigenvalue weighted by Gasteiger charge is 2.17. The monoisotopic (exact) mass is 313 g/mol. The molecule has 3 rings (SSSR count). The SMILES string of the molecule is Cc1cc(C(C)Cl)c2oc(-c3cccnc3)c(C)c(=O)c2c1. The molecule has 0 radical (unpaired) electrons. The number of halogens is 1. The van der Waals surface area contributed by atoms with Crippen molar-refractivity contribution in [3.63, 3.8) is 0 Å². The van der Waals surface area contributed by atoms with Crippen LogP contribution >= 0.6 is 11.6 Å². The summed E-state index contributed by atoms with van der Waals surface area (Å²) in [7, 11) is 0. The average molecular weight is 314 g/mol. The van der Waals surface area contributed by atoms with Crippen molar-refractivity contribution in [2.75, 3.05) is 0 Å². The molecule has 0 amide bonds.